The topological polar surface area (TPSA) is 51.2 Å². The lowest BCUT2D eigenvalue weighted by Gasteiger charge is -2.16. The van der Waals surface area contributed by atoms with Crippen LogP contribution in [0.4, 0.5) is 5.13 Å². The molecule has 0 saturated carbocycles. The number of amides is 1. The van der Waals surface area contributed by atoms with Crippen molar-refractivity contribution >= 4 is 38.3 Å². The highest BCUT2D eigenvalue weighted by Gasteiger charge is 2.13. The number of halogens is 1. The van der Waals surface area contributed by atoms with Crippen LogP contribution in [0.1, 0.15) is 36.5 Å². The van der Waals surface area contributed by atoms with Gasteiger partial charge in [-0.25, -0.2) is 4.98 Å². The number of carbonyl (C=O) groups excluding carboxylic acids is 1. The number of aryl methyl sites for hydroxylation is 3. The van der Waals surface area contributed by atoms with E-state index in [-0.39, 0.29) is 12.5 Å². The van der Waals surface area contributed by atoms with E-state index in [9.17, 15) is 4.79 Å². The smallest absolute Gasteiger partial charge is 0.264 e. The van der Waals surface area contributed by atoms with Gasteiger partial charge < -0.3 is 4.74 Å². The number of thiazole rings is 1. The van der Waals surface area contributed by atoms with Gasteiger partial charge in [-0.05, 0) is 73.1 Å². The molecule has 150 valence electrons. The summed E-state index contributed by atoms with van der Waals surface area (Å²) in [6.07, 6.45) is 5.69. The number of nitrogens with zero attached hydrogens (tertiary/aromatic N) is 1. The van der Waals surface area contributed by atoms with Crippen LogP contribution in [0.5, 0.6) is 5.75 Å². The van der Waals surface area contributed by atoms with E-state index >= 15 is 0 Å². The predicted molar refractivity (Wildman–Crippen MR) is 122 cm³/mol. The Bertz CT molecular complexity index is 1030. The number of aromatic nitrogens is 1. The number of benzene rings is 2. The van der Waals surface area contributed by atoms with E-state index in [2.05, 4.69) is 51.4 Å². The van der Waals surface area contributed by atoms with Gasteiger partial charge in [0.25, 0.3) is 5.91 Å². The zero-order valence-electron chi connectivity index (χ0n) is 16.3. The largest absolute Gasteiger partial charge is 0.483 e. The minimum absolute atomic E-state index is 0.0393. The number of hydrogen-bond donors (Lipinski definition) is 1. The maximum atomic E-state index is 12.3. The summed E-state index contributed by atoms with van der Waals surface area (Å²) in [5.41, 5.74) is 5.97. The molecular formula is C23H23BrN2O2S. The molecule has 0 bridgehead atoms. The number of ether oxygens (including phenoxy) is 1. The summed E-state index contributed by atoms with van der Waals surface area (Å²) in [7, 11) is 0. The minimum atomic E-state index is -0.207. The second-order valence-electron chi connectivity index (χ2n) is 7.17. The van der Waals surface area contributed by atoms with E-state index in [4.69, 9.17) is 4.74 Å². The number of hydrogen-bond acceptors (Lipinski definition) is 4. The molecule has 1 amide bonds. The van der Waals surface area contributed by atoms with Crippen molar-refractivity contribution in [2.45, 2.75) is 39.0 Å². The van der Waals surface area contributed by atoms with Crippen LogP contribution in [0, 0.1) is 0 Å². The molecule has 4 rings (SSSR count). The van der Waals surface area contributed by atoms with Crippen LogP contribution in [-0.2, 0) is 24.1 Å². The molecule has 1 aliphatic carbocycles. The molecule has 0 radical (unpaired) electrons. The Morgan fingerprint density at radius 3 is 2.83 bits per heavy atom. The van der Waals surface area contributed by atoms with Gasteiger partial charge in [-0.2, -0.15) is 0 Å². The first-order chi connectivity index (χ1) is 14.1. The summed E-state index contributed by atoms with van der Waals surface area (Å²) in [6, 6.07) is 12.4. The van der Waals surface area contributed by atoms with Gasteiger partial charge in [-0.15, -0.1) is 11.3 Å². The quantitative estimate of drug-likeness (QED) is 0.478. The molecular weight excluding hydrogens is 448 g/mol. The van der Waals surface area contributed by atoms with Crippen molar-refractivity contribution in [2.75, 3.05) is 11.9 Å². The fourth-order valence-electron chi connectivity index (χ4n) is 3.62. The van der Waals surface area contributed by atoms with Crippen molar-refractivity contribution in [3.05, 3.63) is 62.9 Å². The summed E-state index contributed by atoms with van der Waals surface area (Å²) in [6.45, 7) is 2.02. The maximum Gasteiger partial charge on any atom is 0.264 e. The summed E-state index contributed by atoms with van der Waals surface area (Å²) < 4.78 is 6.72. The molecule has 3 aromatic rings. The lowest BCUT2D eigenvalue weighted by molar-refractivity contribution is -0.118. The number of anilines is 1. The highest BCUT2D eigenvalue weighted by Crippen LogP contribution is 2.30. The molecule has 1 heterocycles. The highest BCUT2D eigenvalue weighted by molar-refractivity contribution is 9.10. The number of rotatable bonds is 6. The molecule has 0 saturated heterocycles. The lowest BCUT2D eigenvalue weighted by Crippen LogP contribution is -2.20. The standard InChI is InChI=1S/C23H23BrN2O2S/c1-2-15-12-19(24)9-10-21(15)28-13-22(27)26-23-25-20(14-29-23)18-8-7-16-5-3-4-6-17(16)11-18/h7-12,14H,2-6,13H2,1H3,(H,25,26,27). The van der Waals surface area contributed by atoms with E-state index in [1.54, 1.807) is 0 Å². The molecule has 2 aromatic carbocycles. The molecule has 0 spiro atoms. The maximum absolute atomic E-state index is 12.3. The van der Waals surface area contributed by atoms with Crippen LogP contribution in [0.15, 0.2) is 46.3 Å². The Kier molecular flexibility index (Phi) is 6.31. The Labute approximate surface area is 183 Å². The molecule has 0 atom stereocenters. The van der Waals surface area contributed by atoms with E-state index in [1.165, 1.54) is 41.7 Å². The van der Waals surface area contributed by atoms with Crippen LogP contribution < -0.4 is 10.1 Å². The van der Waals surface area contributed by atoms with Gasteiger partial charge in [0, 0.05) is 15.4 Å². The lowest BCUT2D eigenvalue weighted by atomic mass is 9.90. The monoisotopic (exact) mass is 470 g/mol. The normalized spacial score (nSPS) is 13.0. The summed E-state index contributed by atoms with van der Waals surface area (Å²) in [4.78, 5) is 16.9. The average molecular weight is 471 g/mol. The third kappa shape index (κ3) is 4.87. The molecule has 1 N–H and O–H groups in total. The van der Waals surface area contributed by atoms with Gasteiger partial charge in [-0.3, -0.25) is 10.1 Å². The molecule has 0 aliphatic heterocycles. The predicted octanol–water partition coefficient (Wildman–Crippen LogP) is 6.03. The Hall–Kier alpha value is -2.18. The van der Waals surface area contributed by atoms with Gasteiger partial charge in [0.15, 0.2) is 11.7 Å². The van der Waals surface area contributed by atoms with Gasteiger partial charge in [0.1, 0.15) is 5.75 Å². The van der Waals surface area contributed by atoms with E-state index < -0.39 is 0 Å². The molecule has 1 aliphatic rings. The van der Waals surface area contributed by atoms with Crippen molar-refractivity contribution in [1.29, 1.82) is 0 Å². The first-order valence-electron chi connectivity index (χ1n) is 9.91. The minimum Gasteiger partial charge on any atom is -0.483 e. The van der Waals surface area contributed by atoms with Gasteiger partial charge in [0.05, 0.1) is 5.69 Å². The van der Waals surface area contributed by atoms with Crippen molar-refractivity contribution in [3.63, 3.8) is 0 Å². The van der Waals surface area contributed by atoms with Crippen molar-refractivity contribution in [2.24, 2.45) is 0 Å². The molecule has 29 heavy (non-hydrogen) atoms. The fourth-order valence-corrected chi connectivity index (χ4v) is 4.76. The summed E-state index contributed by atoms with van der Waals surface area (Å²) in [5.74, 6) is 0.529. The Balaban J connectivity index is 1.38. The first-order valence-corrected chi connectivity index (χ1v) is 11.6. The third-order valence-electron chi connectivity index (χ3n) is 5.16. The SMILES string of the molecule is CCc1cc(Br)ccc1OCC(=O)Nc1nc(-c2ccc3c(c2)CCCC3)cs1. The average Bonchev–Trinajstić information content (AvgIpc) is 3.20. The number of carbonyl (C=O) groups is 1. The summed E-state index contributed by atoms with van der Waals surface area (Å²) in [5, 5.41) is 5.43. The summed E-state index contributed by atoms with van der Waals surface area (Å²) >= 11 is 4.90. The second kappa shape index (κ2) is 9.09. The molecule has 4 nitrogen and oxygen atoms in total. The van der Waals surface area contributed by atoms with Crippen LogP contribution in [0.25, 0.3) is 11.3 Å². The van der Waals surface area contributed by atoms with E-state index in [1.807, 2.05) is 23.6 Å². The second-order valence-corrected chi connectivity index (χ2v) is 8.94. The zero-order chi connectivity index (χ0) is 20.2. The molecule has 0 unspecified atom stereocenters. The number of nitrogens with one attached hydrogen (secondary N) is 1. The van der Waals surface area contributed by atoms with Crippen LogP contribution in [0.3, 0.4) is 0 Å². The van der Waals surface area contributed by atoms with Crippen molar-refractivity contribution in [1.82, 2.24) is 4.98 Å². The third-order valence-corrected chi connectivity index (χ3v) is 6.41. The van der Waals surface area contributed by atoms with Crippen LogP contribution in [-0.4, -0.2) is 17.5 Å². The number of fused-ring (bicyclic) bond motifs is 1. The first kappa shape index (κ1) is 20.1. The van der Waals surface area contributed by atoms with Crippen molar-refractivity contribution < 1.29 is 9.53 Å². The van der Waals surface area contributed by atoms with Crippen LogP contribution in [0.2, 0.25) is 0 Å². The van der Waals surface area contributed by atoms with Gasteiger partial charge in [-0.1, -0.05) is 35.0 Å². The molecule has 1 aromatic heterocycles. The fraction of sp³-hybridized carbons (Fsp3) is 0.304. The highest BCUT2D eigenvalue weighted by atomic mass is 79.9. The van der Waals surface area contributed by atoms with Crippen LogP contribution >= 0.6 is 27.3 Å². The molecule has 0 fully saturated rings. The van der Waals surface area contributed by atoms with Crippen molar-refractivity contribution in [3.8, 4) is 17.0 Å². The van der Waals surface area contributed by atoms with Gasteiger partial charge in [0.2, 0.25) is 0 Å². The van der Waals surface area contributed by atoms with E-state index in [0.717, 1.165) is 39.9 Å². The Morgan fingerprint density at radius 1 is 1.17 bits per heavy atom. The Morgan fingerprint density at radius 2 is 2.00 bits per heavy atom. The molecule has 6 heteroatoms. The van der Waals surface area contributed by atoms with E-state index in [0.29, 0.717) is 5.13 Å². The van der Waals surface area contributed by atoms with Gasteiger partial charge >= 0.3 is 0 Å². The zero-order valence-corrected chi connectivity index (χ0v) is 18.7.